The fourth-order valence-electron chi connectivity index (χ4n) is 5.22. The molecule has 0 unspecified atom stereocenters. The molecule has 0 bridgehead atoms. The Morgan fingerprint density at radius 2 is 1.12 bits per heavy atom. The van der Waals surface area contributed by atoms with Crippen LogP contribution in [-0.2, 0) is 15.9 Å². The van der Waals surface area contributed by atoms with Crippen molar-refractivity contribution in [2.24, 2.45) is 0 Å². The molecule has 0 atom stereocenters. The van der Waals surface area contributed by atoms with Crippen LogP contribution in [0.5, 0.6) is 11.5 Å². The standard InChI is InChI=1S/C35H62O6/c1-3-5-7-9-14-18-22-29-39-33(40-30-23-19-15-10-8-6-4-2)28-21-17-13-11-12-16-20-25-31-26-24-27-32(34(31)36)41-35(37)38/h24,26-27,33,36H,3-23,25,28-30H2,1-2H3,(H,37,38). The van der Waals surface area contributed by atoms with Crippen molar-refractivity contribution in [1.29, 1.82) is 0 Å². The summed E-state index contributed by atoms with van der Waals surface area (Å²) in [5.74, 6) is -0.0566. The molecule has 0 saturated heterocycles. The van der Waals surface area contributed by atoms with Crippen molar-refractivity contribution >= 4 is 6.16 Å². The summed E-state index contributed by atoms with van der Waals surface area (Å²) >= 11 is 0. The zero-order chi connectivity index (χ0) is 29.8. The smallest absolute Gasteiger partial charge is 0.504 e. The Balaban J connectivity index is 2.18. The maximum absolute atomic E-state index is 10.7. The number of rotatable bonds is 29. The number of carboxylic acid groups (broad SMARTS) is 1. The van der Waals surface area contributed by atoms with Gasteiger partial charge in [0.05, 0.1) is 0 Å². The van der Waals surface area contributed by atoms with Gasteiger partial charge in [0.25, 0.3) is 0 Å². The number of phenols is 1. The summed E-state index contributed by atoms with van der Waals surface area (Å²) in [5.41, 5.74) is 0.739. The minimum absolute atomic E-state index is 0.00563. The van der Waals surface area contributed by atoms with Gasteiger partial charge in [-0.15, -0.1) is 0 Å². The Labute approximate surface area is 251 Å². The van der Waals surface area contributed by atoms with E-state index in [1.54, 1.807) is 6.07 Å². The Morgan fingerprint density at radius 1 is 0.659 bits per heavy atom. The second-order valence-corrected chi connectivity index (χ2v) is 11.6. The van der Waals surface area contributed by atoms with E-state index in [0.717, 1.165) is 63.7 Å². The molecule has 6 heteroatoms. The molecule has 0 amide bonds. The molecule has 1 rings (SSSR count). The van der Waals surface area contributed by atoms with Gasteiger partial charge in [0.2, 0.25) is 0 Å². The molecule has 0 fully saturated rings. The summed E-state index contributed by atoms with van der Waals surface area (Å²) < 4.78 is 17.0. The van der Waals surface area contributed by atoms with Crippen LogP contribution in [0, 0.1) is 0 Å². The predicted molar refractivity (Wildman–Crippen MR) is 169 cm³/mol. The summed E-state index contributed by atoms with van der Waals surface area (Å²) in [6, 6.07) is 5.02. The molecule has 41 heavy (non-hydrogen) atoms. The van der Waals surface area contributed by atoms with E-state index >= 15 is 0 Å². The number of hydrogen-bond acceptors (Lipinski definition) is 5. The first-order chi connectivity index (χ1) is 20.1. The molecule has 0 aliphatic carbocycles. The van der Waals surface area contributed by atoms with Gasteiger partial charge in [-0.2, -0.15) is 0 Å². The van der Waals surface area contributed by atoms with Gasteiger partial charge in [0.1, 0.15) is 0 Å². The summed E-state index contributed by atoms with van der Waals surface area (Å²) in [5, 5.41) is 19.0. The van der Waals surface area contributed by atoms with Crippen molar-refractivity contribution in [1.82, 2.24) is 0 Å². The number of ether oxygens (including phenoxy) is 3. The van der Waals surface area contributed by atoms with Crippen molar-refractivity contribution < 1.29 is 29.2 Å². The third kappa shape index (κ3) is 21.6. The quantitative estimate of drug-likeness (QED) is 0.0425. The Kier molecular flexibility index (Phi) is 24.6. The highest BCUT2D eigenvalue weighted by Crippen LogP contribution is 2.31. The summed E-state index contributed by atoms with van der Waals surface area (Å²) in [6.07, 6.45) is 26.4. The van der Waals surface area contributed by atoms with Crippen LogP contribution < -0.4 is 4.74 Å². The summed E-state index contributed by atoms with van der Waals surface area (Å²) in [6.45, 7) is 6.16. The molecule has 238 valence electrons. The van der Waals surface area contributed by atoms with Crippen molar-refractivity contribution in [2.75, 3.05) is 13.2 Å². The van der Waals surface area contributed by atoms with Crippen molar-refractivity contribution in [3.63, 3.8) is 0 Å². The van der Waals surface area contributed by atoms with Gasteiger partial charge in [-0.05, 0) is 50.2 Å². The first kappa shape index (κ1) is 37.2. The highest BCUT2D eigenvalue weighted by Gasteiger charge is 2.11. The second-order valence-electron chi connectivity index (χ2n) is 11.6. The van der Waals surface area contributed by atoms with E-state index in [2.05, 4.69) is 18.6 Å². The lowest BCUT2D eigenvalue weighted by Gasteiger charge is -2.19. The highest BCUT2D eigenvalue weighted by atomic mass is 16.7. The Hall–Kier alpha value is -1.79. The van der Waals surface area contributed by atoms with E-state index in [1.165, 1.54) is 109 Å². The topological polar surface area (TPSA) is 85.2 Å². The lowest BCUT2D eigenvalue weighted by Crippen LogP contribution is -2.19. The Morgan fingerprint density at radius 3 is 1.63 bits per heavy atom. The molecule has 0 heterocycles. The van der Waals surface area contributed by atoms with Gasteiger partial charge in [-0.1, -0.05) is 135 Å². The molecule has 1 aromatic carbocycles. The average molecular weight is 579 g/mol. The largest absolute Gasteiger partial charge is 0.511 e. The van der Waals surface area contributed by atoms with Gasteiger partial charge < -0.3 is 24.4 Å². The zero-order valence-corrected chi connectivity index (χ0v) is 26.5. The zero-order valence-electron chi connectivity index (χ0n) is 26.5. The molecule has 0 saturated carbocycles. The summed E-state index contributed by atoms with van der Waals surface area (Å²) in [7, 11) is 0. The summed E-state index contributed by atoms with van der Waals surface area (Å²) in [4.78, 5) is 10.7. The van der Waals surface area contributed by atoms with Gasteiger partial charge in [0, 0.05) is 13.2 Å². The molecule has 0 radical (unpaired) electrons. The van der Waals surface area contributed by atoms with E-state index in [-0.39, 0.29) is 17.8 Å². The maximum atomic E-state index is 10.7. The number of hydrogen-bond donors (Lipinski definition) is 2. The van der Waals surface area contributed by atoms with Crippen molar-refractivity contribution in [3.05, 3.63) is 23.8 Å². The average Bonchev–Trinajstić information content (AvgIpc) is 2.96. The SMILES string of the molecule is CCCCCCCCCOC(CCCCCCCCCc1cccc(OC(=O)O)c1O)OCCCCCCCCC. The van der Waals surface area contributed by atoms with Gasteiger partial charge >= 0.3 is 6.16 Å². The fourth-order valence-corrected chi connectivity index (χ4v) is 5.22. The van der Waals surface area contributed by atoms with Gasteiger partial charge in [0.15, 0.2) is 17.8 Å². The lowest BCUT2D eigenvalue weighted by atomic mass is 10.0. The number of unbranched alkanes of at least 4 members (excludes halogenated alkanes) is 18. The third-order valence-corrected chi connectivity index (χ3v) is 7.77. The normalized spacial score (nSPS) is 11.4. The minimum Gasteiger partial charge on any atom is -0.504 e. The molecule has 1 aromatic rings. The third-order valence-electron chi connectivity index (χ3n) is 7.77. The number of carbonyl (C=O) groups is 1. The molecule has 0 aliphatic heterocycles. The van der Waals surface area contributed by atoms with Crippen LogP contribution >= 0.6 is 0 Å². The number of phenolic OH excluding ortho intramolecular Hbond substituents is 1. The second kappa shape index (κ2) is 27.1. The molecule has 0 aromatic heterocycles. The fraction of sp³-hybridized carbons (Fsp3) is 0.800. The number of para-hydroxylation sites is 1. The van der Waals surface area contributed by atoms with E-state index in [4.69, 9.17) is 14.6 Å². The van der Waals surface area contributed by atoms with Crippen LogP contribution in [0.1, 0.15) is 161 Å². The maximum Gasteiger partial charge on any atom is 0.511 e. The molecule has 2 N–H and O–H groups in total. The molecule has 6 nitrogen and oxygen atoms in total. The van der Waals surface area contributed by atoms with Crippen LogP contribution in [0.25, 0.3) is 0 Å². The van der Waals surface area contributed by atoms with Crippen LogP contribution in [0.2, 0.25) is 0 Å². The van der Waals surface area contributed by atoms with Gasteiger partial charge in [-0.25, -0.2) is 4.79 Å². The monoisotopic (exact) mass is 578 g/mol. The van der Waals surface area contributed by atoms with E-state index in [1.807, 2.05) is 6.07 Å². The van der Waals surface area contributed by atoms with Crippen molar-refractivity contribution in [3.8, 4) is 11.5 Å². The highest BCUT2D eigenvalue weighted by molar-refractivity contribution is 5.63. The minimum atomic E-state index is -1.41. The van der Waals surface area contributed by atoms with Crippen LogP contribution in [-0.4, -0.2) is 35.9 Å². The molecule has 0 aliphatic rings. The van der Waals surface area contributed by atoms with Crippen LogP contribution in [0.3, 0.4) is 0 Å². The van der Waals surface area contributed by atoms with E-state index < -0.39 is 6.16 Å². The number of aromatic hydroxyl groups is 1. The molecular formula is C35H62O6. The lowest BCUT2D eigenvalue weighted by molar-refractivity contribution is -0.148. The number of aryl methyl sites for hydroxylation is 1. The van der Waals surface area contributed by atoms with E-state index in [0.29, 0.717) is 0 Å². The molecular weight excluding hydrogens is 516 g/mol. The van der Waals surface area contributed by atoms with Crippen molar-refractivity contribution in [2.45, 2.75) is 168 Å². The number of benzene rings is 1. The van der Waals surface area contributed by atoms with Gasteiger partial charge in [-0.3, -0.25) is 0 Å². The predicted octanol–water partition coefficient (Wildman–Crippen LogP) is 11.0. The van der Waals surface area contributed by atoms with Crippen LogP contribution in [0.15, 0.2) is 18.2 Å². The first-order valence-electron chi connectivity index (χ1n) is 17.0. The molecule has 0 spiro atoms. The van der Waals surface area contributed by atoms with E-state index in [9.17, 15) is 9.90 Å². The van der Waals surface area contributed by atoms with Crippen LogP contribution in [0.4, 0.5) is 4.79 Å². The first-order valence-corrected chi connectivity index (χ1v) is 17.0. The Bertz CT molecular complexity index is 717.